The lowest BCUT2D eigenvalue weighted by Gasteiger charge is -2.09. The molecule has 2 rings (SSSR count). The molecule has 2 aromatic rings. The zero-order valence-electron chi connectivity index (χ0n) is 9.93. The minimum Gasteiger partial charge on any atom is -0.507 e. The van der Waals surface area contributed by atoms with Crippen LogP contribution in [0.1, 0.15) is 26.3 Å². The van der Waals surface area contributed by atoms with Gasteiger partial charge in [-0.05, 0) is 24.3 Å². The number of carboxylic acid groups (broad SMARTS) is 1. The highest BCUT2D eigenvalue weighted by Crippen LogP contribution is 2.30. The topological polar surface area (TPSA) is 74.6 Å². The molecule has 102 valence electrons. The Morgan fingerprint density at radius 3 is 2.00 bits per heavy atom. The molecule has 0 bridgehead atoms. The Morgan fingerprint density at radius 1 is 0.900 bits per heavy atom. The summed E-state index contributed by atoms with van der Waals surface area (Å²) in [5.41, 5.74) is -0.648. The third-order valence-corrected chi connectivity index (χ3v) is 3.32. The smallest absolute Gasteiger partial charge is 0.340 e. The van der Waals surface area contributed by atoms with E-state index in [0.29, 0.717) is 0 Å². The molecule has 0 atom stereocenters. The van der Waals surface area contributed by atoms with E-state index in [1.54, 1.807) is 6.07 Å². The van der Waals surface area contributed by atoms with Crippen LogP contribution in [0.3, 0.4) is 0 Å². The fourth-order valence-corrected chi connectivity index (χ4v) is 2.37. The number of benzene rings is 2. The minimum absolute atomic E-state index is 0.00364. The molecule has 0 aliphatic carbocycles. The Kier molecular flexibility index (Phi) is 3.97. The van der Waals surface area contributed by atoms with Crippen molar-refractivity contribution in [2.75, 3.05) is 0 Å². The van der Waals surface area contributed by atoms with Crippen LogP contribution in [0.4, 0.5) is 0 Å². The van der Waals surface area contributed by atoms with Crippen LogP contribution < -0.4 is 0 Å². The van der Waals surface area contributed by atoms with Gasteiger partial charge in [0, 0.05) is 5.56 Å². The lowest BCUT2D eigenvalue weighted by atomic mass is 9.97. The summed E-state index contributed by atoms with van der Waals surface area (Å²) in [7, 11) is 0. The van der Waals surface area contributed by atoms with Crippen molar-refractivity contribution in [2.45, 2.75) is 0 Å². The van der Waals surface area contributed by atoms with Gasteiger partial charge in [0.15, 0.2) is 5.78 Å². The van der Waals surface area contributed by atoms with Crippen LogP contribution in [0.5, 0.6) is 5.75 Å². The third kappa shape index (κ3) is 2.48. The number of carbonyl (C=O) groups excluding carboxylic acids is 1. The summed E-state index contributed by atoms with van der Waals surface area (Å²) in [6.45, 7) is 0. The van der Waals surface area contributed by atoms with Crippen LogP contribution in [0.25, 0.3) is 0 Å². The van der Waals surface area contributed by atoms with E-state index < -0.39 is 23.1 Å². The van der Waals surface area contributed by atoms with Crippen molar-refractivity contribution in [3.05, 3.63) is 63.1 Å². The fourth-order valence-electron chi connectivity index (χ4n) is 1.80. The summed E-state index contributed by atoms with van der Waals surface area (Å²) < 4.78 is 0. The van der Waals surface area contributed by atoms with Gasteiger partial charge in [0.2, 0.25) is 0 Å². The van der Waals surface area contributed by atoms with E-state index in [-0.39, 0.29) is 21.2 Å². The van der Waals surface area contributed by atoms with E-state index in [0.717, 1.165) is 0 Å². The number of rotatable bonds is 3. The number of halogens is 2. The molecule has 0 saturated heterocycles. The molecular weight excluding hydrogens is 303 g/mol. The monoisotopic (exact) mass is 310 g/mol. The normalized spacial score (nSPS) is 10.3. The summed E-state index contributed by atoms with van der Waals surface area (Å²) in [4.78, 5) is 23.6. The summed E-state index contributed by atoms with van der Waals surface area (Å²) in [6.07, 6.45) is 0. The van der Waals surface area contributed by atoms with Crippen LogP contribution in [-0.2, 0) is 0 Å². The van der Waals surface area contributed by atoms with Crippen LogP contribution in [0.15, 0.2) is 36.4 Å². The zero-order chi connectivity index (χ0) is 14.9. The minimum atomic E-state index is -1.41. The molecule has 0 aromatic heterocycles. The van der Waals surface area contributed by atoms with Gasteiger partial charge in [-0.2, -0.15) is 0 Å². The van der Waals surface area contributed by atoms with Gasteiger partial charge in [-0.1, -0.05) is 35.3 Å². The molecule has 0 unspecified atom stereocenters. The van der Waals surface area contributed by atoms with Gasteiger partial charge < -0.3 is 10.2 Å². The van der Waals surface area contributed by atoms with Crippen LogP contribution >= 0.6 is 23.2 Å². The second-order valence-electron chi connectivity index (χ2n) is 3.93. The van der Waals surface area contributed by atoms with Gasteiger partial charge in [-0.15, -0.1) is 0 Å². The zero-order valence-corrected chi connectivity index (χ0v) is 11.4. The summed E-state index contributed by atoms with van der Waals surface area (Å²) >= 11 is 11.9. The van der Waals surface area contributed by atoms with Crippen molar-refractivity contribution < 1.29 is 19.8 Å². The van der Waals surface area contributed by atoms with Crippen molar-refractivity contribution in [3.63, 3.8) is 0 Å². The van der Waals surface area contributed by atoms with E-state index in [2.05, 4.69) is 0 Å². The van der Waals surface area contributed by atoms with Gasteiger partial charge in [0.1, 0.15) is 11.3 Å². The molecule has 0 amide bonds. The Labute approximate surface area is 124 Å². The predicted molar refractivity (Wildman–Crippen MR) is 75.0 cm³/mol. The molecular formula is C14H8Cl2O4. The van der Waals surface area contributed by atoms with Gasteiger partial charge >= 0.3 is 5.97 Å². The number of ketones is 1. The summed E-state index contributed by atoms with van der Waals surface area (Å²) in [6, 6.07) is 8.38. The summed E-state index contributed by atoms with van der Waals surface area (Å²) in [5.74, 6) is -2.56. The van der Waals surface area contributed by atoms with E-state index in [4.69, 9.17) is 28.3 Å². The number of hydrogen-bond donors (Lipinski definition) is 2. The van der Waals surface area contributed by atoms with Crippen molar-refractivity contribution in [1.82, 2.24) is 0 Å². The summed E-state index contributed by atoms with van der Waals surface area (Å²) in [5, 5.41) is 18.9. The average Bonchev–Trinajstić information content (AvgIpc) is 2.37. The Hall–Kier alpha value is -2.04. The number of carbonyl (C=O) groups is 2. The van der Waals surface area contributed by atoms with Gasteiger partial charge in [-0.25, -0.2) is 4.79 Å². The number of hydrogen-bond acceptors (Lipinski definition) is 3. The van der Waals surface area contributed by atoms with E-state index in [9.17, 15) is 14.7 Å². The molecule has 20 heavy (non-hydrogen) atoms. The first-order chi connectivity index (χ1) is 9.43. The number of carboxylic acids is 1. The average molecular weight is 311 g/mol. The molecule has 2 aromatic carbocycles. The molecule has 0 aliphatic rings. The molecule has 4 nitrogen and oxygen atoms in total. The number of aromatic hydroxyl groups is 1. The van der Waals surface area contributed by atoms with Crippen LogP contribution in [-0.4, -0.2) is 22.0 Å². The van der Waals surface area contributed by atoms with Crippen LogP contribution in [0, 0.1) is 0 Å². The molecule has 0 radical (unpaired) electrons. The molecule has 0 aliphatic heterocycles. The molecule has 0 heterocycles. The largest absolute Gasteiger partial charge is 0.507 e. The van der Waals surface area contributed by atoms with Crippen molar-refractivity contribution in [3.8, 4) is 5.75 Å². The molecule has 2 N–H and O–H groups in total. The Bertz CT molecular complexity index is 690. The number of aromatic carboxylic acids is 1. The van der Waals surface area contributed by atoms with Gasteiger partial charge in [0.05, 0.1) is 15.6 Å². The SMILES string of the molecule is O=C(c1cccc(O)c1C(=O)O)c1c(Cl)cccc1Cl. The van der Waals surface area contributed by atoms with Crippen molar-refractivity contribution >= 4 is 35.0 Å². The Morgan fingerprint density at radius 2 is 1.45 bits per heavy atom. The second kappa shape index (κ2) is 5.53. The lowest BCUT2D eigenvalue weighted by Crippen LogP contribution is -2.11. The molecule has 0 saturated carbocycles. The molecule has 0 fully saturated rings. The number of phenols is 1. The standard InChI is InChI=1S/C14H8Cl2O4/c15-8-4-2-5-9(16)12(8)13(18)7-3-1-6-10(17)11(7)14(19)20/h1-6,17H,(H,19,20). The van der Waals surface area contributed by atoms with E-state index in [1.807, 2.05) is 0 Å². The third-order valence-electron chi connectivity index (χ3n) is 2.69. The quantitative estimate of drug-likeness (QED) is 0.849. The molecule has 0 spiro atoms. The van der Waals surface area contributed by atoms with E-state index in [1.165, 1.54) is 30.3 Å². The predicted octanol–water partition coefficient (Wildman–Crippen LogP) is 3.63. The second-order valence-corrected chi connectivity index (χ2v) is 4.75. The van der Waals surface area contributed by atoms with Crippen molar-refractivity contribution in [2.24, 2.45) is 0 Å². The fraction of sp³-hybridized carbons (Fsp3) is 0. The maximum absolute atomic E-state index is 12.4. The van der Waals surface area contributed by atoms with E-state index >= 15 is 0 Å². The molecule has 6 heteroatoms. The maximum Gasteiger partial charge on any atom is 0.340 e. The van der Waals surface area contributed by atoms with Crippen molar-refractivity contribution in [1.29, 1.82) is 0 Å². The maximum atomic E-state index is 12.4. The van der Waals surface area contributed by atoms with Gasteiger partial charge in [0.25, 0.3) is 0 Å². The highest BCUT2D eigenvalue weighted by Gasteiger charge is 2.24. The van der Waals surface area contributed by atoms with Gasteiger partial charge in [-0.3, -0.25) is 4.79 Å². The first-order valence-electron chi connectivity index (χ1n) is 5.47. The first kappa shape index (κ1) is 14.4. The highest BCUT2D eigenvalue weighted by molar-refractivity contribution is 6.41. The first-order valence-corrected chi connectivity index (χ1v) is 6.23. The Balaban J connectivity index is 2.66. The van der Waals surface area contributed by atoms with Crippen LogP contribution in [0.2, 0.25) is 10.0 Å². The highest BCUT2D eigenvalue weighted by atomic mass is 35.5. The lowest BCUT2D eigenvalue weighted by molar-refractivity contribution is 0.0689.